The molecule has 0 radical (unpaired) electrons. The van der Waals surface area contributed by atoms with Gasteiger partial charge in [0.2, 0.25) is 0 Å². The van der Waals surface area contributed by atoms with Crippen molar-refractivity contribution in [3.63, 3.8) is 0 Å². The fourth-order valence-electron chi connectivity index (χ4n) is 0.801. The molecule has 0 unspecified atom stereocenters. The summed E-state index contributed by atoms with van der Waals surface area (Å²) in [5.74, 6) is 6.15. The molecule has 5 heteroatoms. The Kier molecular flexibility index (Phi) is 3.19. The van der Waals surface area contributed by atoms with Crippen molar-refractivity contribution in [3.05, 3.63) is 23.7 Å². The molecule has 0 aliphatic heterocycles. The molecule has 1 rings (SSSR count). The van der Waals surface area contributed by atoms with Crippen molar-refractivity contribution in [3.8, 4) is 0 Å². The van der Waals surface area contributed by atoms with E-state index in [1.54, 1.807) is 17.8 Å². The fourth-order valence-corrected chi connectivity index (χ4v) is 1.24. The molecule has 0 aromatic carbocycles. The minimum Gasteiger partial charge on any atom is -0.468 e. The number of rotatable bonds is 3. The van der Waals surface area contributed by atoms with Gasteiger partial charge in [-0.3, -0.25) is 10.2 Å². The molecule has 0 fully saturated rings. The Morgan fingerprint density at radius 3 is 3.17 bits per heavy atom. The summed E-state index contributed by atoms with van der Waals surface area (Å²) in [7, 11) is 0. The molecule has 4 nitrogen and oxygen atoms in total. The lowest BCUT2D eigenvalue weighted by Gasteiger charge is -1.90. The molecule has 0 saturated carbocycles. The van der Waals surface area contributed by atoms with E-state index in [0.29, 0.717) is 5.56 Å². The van der Waals surface area contributed by atoms with Crippen molar-refractivity contribution in [1.82, 2.24) is 5.43 Å². The number of nitrogens with two attached hydrogens (primary N) is 1. The molecule has 0 aliphatic carbocycles. The molecule has 0 saturated heterocycles. The zero-order chi connectivity index (χ0) is 8.97. The molecule has 1 aromatic heterocycles. The van der Waals surface area contributed by atoms with Gasteiger partial charge in [0.25, 0.3) is 5.91 Å². The summed E-state index contributed by atoms with van der Waals surface area (Å²) in [5, 5.41) is 0. The molecule has 1 amide bonds. The van der Waals surface area contributed by atoms with E-state index in [9.17, 15) is 4.79 Å². The van der Waals surface area contributed by atoms with Crippen LogP contribution in [0.15, 0.2) is 16.7 Å². The predicted octanol–water partition coefficient (Wildman–Crippen LogP) is 0.746. The zero-order valence-electron chi connectivity index (χ0n) is 6.66. The standard InChI is InChI=1S/C7H10N2O2S/c1-12-4-6-2-5(3-11-6)7(10)9-8/h2-3H,4,8H2,1H3,(H,9,10). The van der Waals surface area contributed by atoms with Crippen LogP contribution in [0.3, 0.4) is 0 Å². The van der Waals surface area contributed by atoms with Crippen LogP contribution in [0.5, 0.6) is 0 Å². The molecular formula is C7H10N2O2S. The lowest BCUT2D eigenvalue weighted by Crippen LogP contribution is -2.29. The molecular weight excluding hydrogens is 176 g/mol. The Morgan fingerprint density at radius 1 is 1.83 bits per heavy atom. The molecule has 1 heterocycles. The number of carbonyl (C=O) groups is 1. The van der Waals surface area contributed by atoms with Crippen LogP contribution in [-0.2, 0) is 5.75 Å². The third-order valence-electron chi connectivity index (χ3n) is 1.33. The third-order valence-corrected chi connectivity index (χ3v) is 1.91. The monoisotopic (exact) mass is 186 g/mol. The summed E-state index contributed by atoms with van der Waals surface area (Å²) in [4.78, 5) is 10.9. The Balaban J connectivity index is 2.70. The summed E-state index contributed by atoms with van der Waals surface area (Å²) in [6, 6.07) is 1.68. The summed E-state index contributed by atoms with van der Waals surface area (Å²) >= 11 is 1.63. The number of nitrogen functional groups attached to an aromatic ring is 1. The van der Waals surface area contributed by atoms with E-state index >= 15 is 0 Å². The SMILES string of the molecule is CSCc1cc(C(=O)NN)co1. The predicted molar refractivity (Wildman–Crippen MR) is 47.6 cm³/mol. The van der Waals surface area contributed by atoms with Crippen LogP contribution in [0.25, 0.3) is 0 Å². The second-order valence-electron chi connectivity index (χ2n) is 2.21. The van der Waals surface area contributed by atoms with E-state index in [2.05, 4.69) is 0 Å². The van der Waals surface area contributed by atoms with Crippen LogP contribution in [-0.4, -0.2) is 12.2 Å². The van der Waals surface area contributed by atoms with Gasteiger partial charge in [0.1, 0.15) is 12.0 Å². The van der Waals surface area contributed by atoms with Gasteiger partial charge in [0, 0.05) is 0 Å². The molecule has 0 bridgehead atoms. The maximum Gasteiger partial charge on any atom is 0.268 e. The first-order valence-corrected chi connectivity index (χ1v) is 4.74. The van der Waals surface area contributed by atoms with E-state index in [1.165, 1.54) is 6.26 Å². The first-order valence-electron chi connectivity index (χ1n) is 3.35. The van der Waals surface area contributed by atoms with Crippen LogP contribution in [0.1, 0.15) is 16.1 Å². The molecule has 3 N–H and O–H groups in total. The summed E-state index contributed by atoms with van der Waals surface area (Å²) in [6.45, 7) is 0. The van der Waals surface area contributed by atoms with Gasteiger partial charge < -0.3 is 4.42 Å². The molecule has 66 valence electrons. The summed E-state index contributed by atoms with van der Waals surface area (Å²) in [5.41, 5.74) is 2.49. The highest BCUT2D eigenvalue weighted by molar-refractivity contribution is 7.97. The topological polar surface area (TPSA) is 68.3 Å². The van der Waals surface area contributed by atoms with Gasteiger partial charge in [-0.15, -0.1) is 0 Å². The van der Waals surface area contributed by atoms with Gasteiger partial charge in [-0.05, 0) is 12.3 Å². The summed E-state index contributed by atoms with van der Waals surface area (Å²) in [6.07, 6.45) is 3.36. The van der Waals surface area contributed by atoms with Gasteiger partial charge >= 0.3 is 0 Å². The number of hydrogen-bond donors (Lipinski definition) is 2. The van der Waals surface area contributed by atoms with Gasteiger partial charge in [-0.1, -0.05) is 0 Å². The Bertz CT molecular complexity index is 272. The van der Waals surface area contributed by atoms with E-state index in [4.69, 9.17) is 10.3 Å². The lowest BCUT2D eigenvalue weighted by atomic mass is 10.3. The summed E-state index contributed by atoms with van der Waals surface area (Å²) < 4.78 is 5.09. The van der Waals surface area contributed by atoms with Crippen molar-refractivity contribution in [2.75, 3.05) is 6.26 Å². The van der Waals surface area contributed by atoms with Crippen LogP contribution >= 0.6 is 11.8 Å². The fraction of sp³-hybridized carbons (Fsp3) is 0.286. The number of carbonyl (C=O) groups excluding carboxylic acids is 1. The first-order chi connectivity index (χ1) is 5.77. The molecule has 1 aromatic rings. The largest absolute Gasteiger partial charge is 0.468 e. The normalized spacial score (nSPS) is 9.83. The highest BCUT2D eigenvalue weighted by Gasteiger charge is 2.07. The van der Waals surface area contributed by atoms with Gasteiger partial charge in [0.05, 0.1) is 11.3 Å². The van der Waals surface area contributed by atoms with Crippen molar-refractivity contribution < 1.29 is 9.21 Å². The minimum absolute atomic E-state index is 0.328. The number of furan rings is 1. The number of hydrazine groups is 1. The number of amides is 1. The average Bonchev–Trinajstić information content (AvgIpc) is 2.52. The highest BCUT2D eigenvalue weighted by Crippen LogP contribution is 2.12. The number of nitrogens with one attached hydrogen (secondary N) is 1. The van der Waals surface area contributed by atoms with Crippen molar-refractivity contribution in [1.29, 1.82) is 0 Å². The van der Waals surface area contributed by atoms with E-state index < -0.39 is 0 Å². The Labute approximate surface area is 74.5 Å². The average molecular weight is 186 g/mol. The Morgan fingerprint density at radius 2 is 2.58 bits per heavy atom. The van der Waals surface area contributed by atoms with Crippen molar-refractivity contribution >= 4 is 17.7 Å². The van der Waals surface area contributed by atoms with Gasteiger partial charge in [-0.2, -0.15) is 11.8 Å². The smallest absolute Gasteiger partial charge is 0.268 e. The second-order valence-corrected chi connectivity index (χ2v) is 3.07. The van der Waals surface area contributed by atoms with Crippen LogP contribution in [0, 0.1) is 0 Å². The minimum atomic E-state index is -0.328. The van der Waals surface area contributed by atoms with Crippen LogP contribution in [0.2, 0.25) is 0 Å². The van der Waals surface area contributed by atoms with Gasteiger partial charge in [-0.25, -0.2) is 5.84 Å². The third kappa shape index (κ3) is 2.02. The lowest BCUT2D eigenvalue weighted by molar-refractivity contribution is 0.0953. The van der Waals surface area contributed by atoms with Gasteiger partial charge in [0.15, 0.2) is 0 Å². The van der Waals surface area contributed by atoms with Crippen molar-refractivity contribution in [2.24, 2.45) is 5.84 Å². The Hall–Kier alpha value is -0.940. The van der Waals surface area contributed by atoms with E-state index in [-0.39, 0.29) is 5.91 Å². The molecule has 12 heavy (non-hydrogen) atoms. The van der Waals surface area contributed by atoms with Crippen LogP contribution in [0.4, 0.5) is 0 Å². The highest BCUT2D eigenvalue weighted by atomic mass is 32.2. The number of thioether (sulfide) groups is 1. The van der Waals surface area contributed by atoms with E-state index in [1.807, 2.05) is 11.7 Å². The van der Waals surface area contributed by atoms with Crippen molar-refractivity contribution in [2.45, 2.75) is 5.75 Å². The maximum absolute atomic E-state index is 10.9. The molecule has 0 aliphatic rings. The molecule has 0 atom stereocenters. The number of hydrogen-bond acceptors (Lipinski definition) is 4. The van der Waals surface area contributed by atoms with E-state index in [0.717, 1.165) is 11.5 Å². The second kappa shape index (κ2) is 4.18. The molecule has 0 spiro atoms. The maximum atomic E-state index is 10.9. The first kappa shape index (κ1) is 9.15. The zero-order valence-corrected chi connectivity index (χ0v) is 7.48. The quantitative estimate of drug-likeness (QED) is 0.415. The van der Waals surface area contributed by atoms with Crippen LogP contribution < -0.4 is 11.3 Å².